The maximum absolute atomic E-state index is 12.3. The largest absolute Gasteiger partial charge is 0.872 e. The zero-order chi connectivity index (χ0) is 27.0. The molecule has 5 rings (SSSR count). The Labute approximate surface area is 215 Å². The number of imidazole rings is 1. The van der Waals surface area contributed by atoms with Gasteiger partial charge in [0.05, 0.1) is 12.9 Å². The molecule has 198 valence electrons. The van der Waals surface area contributed by atoms with Gasteiger partial charge in [-0.1, -0.05) is 60.3 Å². The van der Waals surface area contributed by atoms with Gasteiger partial charge < -0.3 is 25.8 Å². The first kappa shape index (κ1) is 25.5. The van der Waals surface area contributed by atoms with Gasteiger partial charge >= 0.3 is 10.3 Å². The highest BCUT2D eigenvalue weighted by Gasteiger charge is 2.45. The molecule has 1 aliphatic heterocycles. The Kier molecular flexibility index (Phi) is 6.68. The summed E-state index contributed by atoms with van der Waals surface area (Å²) in [5.41, 5.74) is 6.80. The number of hydrogen-bond donors (Lipinski definition) is 4. The number of fused-ring (bicyclic) bond motifs is 1. The van der Waals surface area contributed by atoms with E-state index in [0.717, 1.165) is 12.1 Å². The molecule has 0 bridgehead atoms. The molecule has 3 heterocycles. The van der Waals surface area contributed by atoms with Crippen LogP contribution in [-0.4, -0.2) is 69.0 Å². The number of nitrogens with zero attached hydrogens (tertiary/aromatic N) is 4. The van der Waals surface area contributed by atoms with Crippen molar-refractivity contribution in [2.24, 2.45) is 0 Å². The predicted molar refractivity (Wildman–Crippen MR) is 129 cm³/mol. The van der Waals surface area contributed by atoms with Crippen molar-refractivity contribution in [2.45, 2.75) is 24.5 Å². The Balaban J connectivity index is 1.33. The van der Waals surface area contributed by atoms with E-state index in [9.17, 15) is 28.5 Å². The second kappa shape index (κ2) is 9.96. The maximum Gasteiger partial charge on any atom is 0.362 e. The standard InChI is InChI=1S/C23H22N6O8S/c24-19-16-21(27-20(26-19)12-6-2-1-3-7-12)29(11-25-16)23-18(32)17(31)15(37-23)10-36-38(34,35)28-22(33)13-8-4-5-9-14(13)30/h1-9,11,15,17-18,23,30-32H,10H2,(H,28,33)(H2,24,26,27)/p-1/t15-,17-,18-,23-/m1/s1. The van der Waals surface area contributed by atoms with Crippen LogP contribution in [0.1, 0.15) is 16.6 Å². The summed E-state index contributed by atoms with van der Waals surface area (Å²) in [4.78, 5) is 25.1. The molecule has 4 atom stereocenters. The Hall–Kier alpha value is -4.15. The number of nitrogens with one attached hydrogen (secondary N) is 1. The predicted octanol–water partition coefficient (Wildman–Crippen LogP) is -0.540. The fraction of sp³-hybridized carbons (Fsp3) is 0.217. The normalized spacial score (nSPS) is 21.5. The fourth-order valence-corrected chi connectivity index (χ4v) is 4.66. The lowest BCUT2D eigenvalue weighted by Gasteiger charge is -2.17. The zero-order valence-corrected chi connectivity index (χ0v) is 20.2. The third kappa shape index (κ3) is 4.88. The van der Waals surface area contributed by atoms with Gasteiger partial charge in [0.2, 0.25) is 0 Å². The third-order valence-electron chi connectivity index (χ3n) is 5.83. The molecule has 0 aliphatic carbocycles. The van der Waals surface area contributed by atoms with Crippen LogP contribution < -0.4 is 15.6 Å². The number of ether oxygens (including phenoxy) is 1. The van der Waals surface area contributed by atoms with E-state index in [-0.39, 0.29) is 17.0 Å². The number of amides is 1. The van der Waals surface area contributed by atoms with E-state index in [1.54, 1.807) is 29.0 Å². The highest BCUT2D eigenvalue weighted by molar-refractivity contribution is 7.85. The second-order valence-corrected chi connectivity index (χ2v) is 9.68. The van der Waals surface area contributed by atoms with E-state index in [0.29, 0.717) is 11.4 Å². The summed E-state index contributed by atoms with van der Waals surface area (Å²) in [5, 5.41) is 32.9. The molecule has 2 aromatic heterocycles. The van der Waals surface area contributed by atoms with Crippen LogP contribution in [0.25, 0.3) is 22.6 Å². The smallest absolute Gasteiger partial charge is 0.362 e. The van der Waals surface area contributed by atoms with Crippen molar-refractivity contribution in [1.29, 1.82) is 0 Å². The molecular weight excluding hydrogens is 520 g/mol. The quantitative estimate of drug-likeness (QED) is 0.232. The van der Waals surface area contributed by atoms with Crippen LogP contribution in [0.5, 0.6) is 5.75 Å². The summed E-state index contributed by atoms with van der Waals surface area (Å²) in [7, 11) is -4.69. The highest BCUT2D eigenvalue weighted by Crippen LogP contribution is 2.33. The summed E-state index contributed by atoms with van der Waals surface area (Å²) in [6, 6.07) is 14.1. The molecule has 4 aromatic rings. The summed E-state index contributed by atoms with van der Waals surface area (Å²) in [5.74, 6) is -1.47. The van der Waals surface area contributed by atoms with Gasteiger partial charge in [0, 0.05) is 11.1 Å². The molecular formula is C23H21N6O8S-. The summed E-state index contributed by atoms with van der Waals surface area (Å²) >= 11 is 0. The summed E-state index contributed by atoms with van der Waals surface area (Å²) < 4.78 is 38.0. The molecule has 15 heteroatoms. The first-order valence-corrected chi connectivity index (χ1v) is 12.6. The summed E-state index contributed by atoms with van der Waals surface area (Å²) in [6.45, 7) is -0.755. The molecule has 1 aliphatic rings. The number of carbonyl (C=O) groups excluding carboxylic acids is 1. The van der Waals surface area contributed by atoms with Crippen molar-refractivity contribution in [3.8, 4) is 17.1 Å². The molecule has 14 nitrogen and oxygen atoms in total. The number of rotatable bonds is 7. The minimum Gasteiger partial charge on any atom is -0.872 e. The minimum absolute atomic E-state index is 0.0852. The van der Waals surface area contributed by atoms with Crippen LogP contribution in [0, 0.1) is 0 Å². The highest BCUT2D eigenvalue weighted by atomic mass is 32.2. The fourth-order valence-electron chi connectivity index (χ4n) is 3.95. The average molecular weight is 542 g/mol. The van der Waals surface area contributed by atoms with Crippen molar-refractivity contribution >= 4 is 33.2 Å². The molecule has 5 N–H and O–H groups in total. The maximum atomic E-state index is 12.3. The van der Waals surface area contributed by atoms with E-state index in [1.807, 2.05) is 6.07 Å². The third-order valence-corrected chi connectivity index (χ3v) is 6.71. The average Bonchev–Trinajstić information content (AvgIpc) is 3.44. The topological polar surface area (TPSA) is 215 Å². The number of carbonyl (C=O) groups is 1. The number of para-hydroxylation sites is 1. The van der Waals surface area contributed by atoms with Gasteiger partial charge in [-0.25, -0.2) is 19.7 Å². The number of nitrogens with two attached hydrogens (primary N) is 1. The van der Waals surface area contributed by atoms with Gasteiger partial charge in [-0.05, 0) is 0 Å². The van der Waals surface area contributed by atoms with Crippen molar-refractivity contribution < 1.29 is 37.5 Å². The summed E-state index contributed by atoms with van der Waals surface area (Å²) in [6.07, 6.45) is -4.35. The number of aliphatic hydroxyl groups excluding tert-OH is 2. The number of anilines is 1. The number of aromatic nitrogens is 4. The van der Waals surface area contributed by atoms with Gasteiger partial charge in [-0.3, -0.25) is 13.5 Å². The Morgan fingerprint density at radius 2 is 1.82 bits per heavy atom. The van der Waals surface area contributed by atoms with Crippen LogP contribution in [0.15, 0.2) is 60.9 Å². The molecule has 1 fully saturated rings. The Morgan fingerprint density at radius 1 is 1.11 bits per heavy atom. The van der Waals surface area contributed by atoms with Gasteiger partial charge in [-0.2, -0.15) is 8.42 Å². The van der Waals surface area contributed by atoms with Crippen LogP contribution in [0.3, 0.4) is 0 Å². The first-order chi connectivity index (χ1) is 18.1. The molecule has 0 spiro atoms. The lowest BCUT2D eigenvalue weighted by atomic mass is 10.1. The van der Waals surface area contributed by atoms with Crippen LogP contribution in [0.2, 0.25) is 0 Å². The SMILES string of the molecule is Nc1nc(-c2ccccc2)nc2c1ncn2[C@@H]1O[C@H](COS(=O)(=O)NC(=O)c2ccccc2[O-])[C@@H](O)[C@H]1O. The lowest BCUT2D eigenvalue weighted by molar-refractivity contribution is -0.268. The van der Waals surface area contributed by atoms with Gasteiger partial charge in [0.1, 0.15) is 23.8 Å². The number of aliphatic hydroxyl groups is 2. The van der Waals surface area contributed by atoms with E-state index >= 15 is 0 Å². The van der Waals surface area contributed by atoms with Gasteiger partial charge in [0.25, 0.3) is 5.91 Å². The van der Waals surface area contributed by atoms with E-state index in [4.69, 9.17) is 14.7 Å². The Bertz CT molecular complexity index is 1600. The van der Waals surface area contributed by atoms with E-state index < -0.39 is 58.7 Å². The van der Waals surface area contributed by atoms with Crippen molar-refractivity contribution in [3.05, 3.63) is 66.5 Å². The van der Waals surface area contributed by atoms with Crippen molar-refractivity contribution in [1.82, 2.24) is 24.2 Å². The van der Waals surface area contributed by atoms with E-state index in [1.165, 1.54) is 23.0 Å². The van der Waals surface area contributed by atoms with E-state index in [2.05, 4.69) is 15.0 Å². The number of hydrogen-bond acceptors (Lipinski definition) is 12. The molecule has 2 aromatic carbocycles. The minimum atomic E-state index is -4.69. The molecule has 0 unspecified atom stereocenters. The molecule has 38 heavy (non-hydrogen) atoms. The Morgan fingerprint density at radius 3 is 2.55 bits per heavy atom. The molecule has 1 saturated heterocycles. The number of benzene rings is 2. The van der Waals surface area contributed by atoms with Gasteiger partial charge in [-0.15, -0.1) is 0 Å². The monoisotopic (exact) mass is 541 g/mol. The first-order valence-electron chi connectivity index (χ1n) is 11.2. The van der Waals surface area contributed by atoms with Crippen LogP contribution in [0.4, 0.5) is 5.82 Å². The second-order valence-electron chi connectivity index (χ2n) is 8.33. The zero-order valence-electron chi connectivity index (χ0n) is 19.4. The number of nitrogen functional groups attached to an aromatic ring is 1. The van der Waals surface area contributed by atoms with Crippen molar-refractivity contribution in [3.63, 3.8) is 0 Å². The lowest BCUT2D eigenvalue weighted by Crippen LogP contribution is -2.38. The van der Waals surface area contributed by atoms with Crippen LogP contribution in [-0.2, 0) is 19.2 Å². The van der Waals surface area contributed by atoms with Crippen LogP contribution >= 0.6 is 0 Å². The molecule has 1 amide bonds. The molecule has 0 saturated carbocycles. The molecule has 0 radical (unpaired) electrons. The van der Waals surface area contributed by atoms with Gasteiger partial charge in [0.15, 0.2) is 23.5 Å². The van der Waals surface area contributed by atoms with Crippen molar-refractivity contribution in [2.75, 3.05) is 12.3 Å².